The van der Waals surface area contributed by atoms with E-state index in [4.69, 9.17) is 11.6 Å². The molecule has 0 bridgehead atoms. The average molecular weight is 444 g/mol. The molecule has 2 fully saturated rings. The van der Waals surface area contributed by atoms with Crippen molar-refractivity contribution in [3.8, 4) is 0 Å². The van der Waals surface area contributed by atoms with Crippen LogP contribution in [0.4, 0.5) is 9.18 Å². The van der Waals surface area contributed by atoms with Crippen molar-refractivity contribution in [3.63, 3.8) is 0 Å². The fraction of sp³-hybridized carbons (Fsp3) is 0.480. The van der Waals surface area contributed by atoms with E-state index >= 15 is 0 Å². The zero-order valence-corrected chi connectivity index (χ0v) is 18.6. The number of urea groups is 1. The molecule has 2 aromatic carbocycles. The molecule has 2 atom stereocenters. The molecule has 31 heavy (non-hydrogen) atoms. The topological polar surface area (TPSA) is 44.4 Å². The number of rotatable bonds is 6. The maximum absolute atomic E-state index is 13.0. The third-order valence-corrected chi connectivity index (χ3v) is 6.94. The van der Waals surface area contributed by atoms with E-state index in [1.54, 1.807) is 12.1 Å². The fourth-order valence-electron chi connectivity index (χ4n) is 4.94. The molecule has 1 saturated heterocycles. The lowest BCUT2D eigenvalue weighted by Gasteiger charge is -2.33. The summed E-state index contributed by atoms with van der Waals surface area (Å²) in [6.07, 6.45) is 5.64. The van der Waals surface area contributed by atoms with Crippen molar-refractivity contribution < 1.29 is 9.18 Å². The van der Waals surface area contributed by atoms with E-state index in [9.17, 15) is 9.18 Å². The number of halogens is 2. The van der Waals surface area contributed by atoms with Crippen molar-refractivity contribution >= 4 is 17.6 Å². The first-order valence-electron chi connectivity index (χ1n) is 11.3. The molecule has 0 unspecified atom stereocenters. The first-order chi connectivity index (χ1) is 15.0. The first kappa shape index (κ1) is 22.1. The van der Waals surface area contributed by atoms with Crippen LogP contribution in [0.15, 0.2) is 48.5 Å². The summed E-state index contributed by atoms with van der Waals surface area (Å²) in [5.41, 5.74) is 2.30. The highest BCUT2D eigenvalue weighted by Gasteiger charge is 2.29. The third kappa shape index (κ3) is 6.44. The minimum Gasteiger partial charge on any atom is -0.335 e. The Hall–Kier alpha value is -2.11. The van der Waals surface area contributed by atoms with Crippen molar-refractivity contribution in [3.05, 3.63) is 70.5 Å². The highest BCUT2D eigenvalue weighted by Crippen LogP contribution is 2.31. The summed E-state index contributed by atoms with van der Waals surface area (Å²) < 4.78 is 13.0. The molecular formula is C25H31ClFN3O. The lowest BCUT2D eigenvalue weighted by atomic mass is 9.89. The second-order valence-corrected chi connectivity index (χ2v) is 9.39. The number of hydrogen-bond acceptors (Lipinski definition) is 2. The van der Waals surface area contributed by atoms with Gasteiger partial charge in [-0.25, -0.2) is 9.18 Å². The number of carbonyl (C=O) groups is 1. The molecule has 1 aliphatic carbocycles. The predicted octanol–water partition coefficient (Wildman–Crippen LogP) is 5.33. The van der Waals surface area contributed by atoms with Gasteiger partial charge in [-0.05, 0) is 92.4 Å². The van der Waals surface area contributed by atoms with Crippen LogP contribution < -0.4 is 10.6 Å². The summed E-state index contributed by atoms with van der Waals surface area (Å²) in [4.78, 5) is 14.8. The van der Waals surface area contributed by atoms with Crippen molar-refractivity contribution in [1.29, 1.82) is 0 Å². The van der Waals surface area contributed by atoms with Gasteiger partial charge in [0.25, 0.3) is 0 Å². The van der Waals surface area contributed by atoms with Crippen LogP contribution in [-0.4, -0.2) is 36.6 Å². The molecule has 0 aromatic heterocycles. The second kappa shape index (κ2) is 10.5. The van der Waals surface area contributed by atoms with Gasteiger partial charge in [0.05, 0.1) is 0 Å². The van der Waals surface area contributed by atoms with E-state index in [2.05, 4.69) is 27.7 Å². The number of nitrogens with zero attached hydrogens (tertiary/aromatic N) is 1. The molecule has 4 nitrogen and oxygen atoms in total. The van der Waals surface area contributed by atoms with Gasteiger partial charge in [0.15, 0.2) is 0 Å². The Kier molecular flexibility index (Phi) is 7.46. The van der Waals surface area contributed by atoms with Gasteiger partial charge in [-0.3, -0.25) is 0 Å². The Morgan fingerprint density at radius 3 is 2.42 bits per heavy atom. The maximum atomic E-state index is 13.0. The van der Waals surface area contributed by atoms with E-state index in [1.165, 1.54) is 37.0 Å². The van der Waals surface area contributed by atoms with Crippen molar-refractivity contribution in [2.75, 3.05) is 19.6 Å². The number of amides is 2. The number of piperidine rings is 1. The van der Waals surface area contributed by atoms with E-state index in [-0.39, 0.29) is 17.9 Å². The second-order valence-electron chi connectivity index (χ2n) is 8.96. The number of likely N-dealkylation sites (tertiary alicyclic amines) is 1. The molecule has 2 aromatic rings. The van der Waals surface area contributed by atoms with Crippen molar-refractivity contribution in [2.24, 2.45) is 5.92 Å². The quantitative estimate of drug-likeness (QED) is 0.634. The van der Waals surface area contributed by atoms with Gasteiger partial charge in [-0.15, -0.1) is 0 Å². The number of carbonyl (C=O) groups excluding carboxylic acids is 1. The van der Waals surface area contributed by atoms with E-state index in [1.807, 2.05) is 12.1 Å². The summed E-state index contributed by atoms with van der Waals surface area (Å²) in [5, 5.41) is 6.78. The van der Waals surface area contributed by atoms with Gasteiger partial charge >= 0.3 is 6.03 Å². The lowest BCUT2D eigenvalue weighted by Crippen LogP contribution is -2.41. The SMILES string of the molecule is O=C(NCc1ccc(F)cc1)N[C@@H]1CC[C@H](CN2CCC(c3ccc(Cl)cc3)CC2)C1. The highest BCUT2D eigenvalue weighted by atomic mass is 35.5. The Morgan fingerprint density at radius 2 is 1.71 bits per heavy atom. The number of hydrogen-bond donors (Lipinski definition) is 2. The van der Waals surface area contributed by atoms with Gasteiger partial charge in [0.2, 0.25) is 0 Å². The molecule has 1 aliphatic heterocycles. The molecule has 0 spiro atoms. The number of nitrogens with one attached hydrogen (secondary N) is 2. The van der Waals surface area contributed by atoms with Crippen molar-refractivity contribution in [1.82, 2.24) is 15.5 Å². The summed E-state index contributed by atoms with van der Waals surface area (Å²) in [6, 6.07) is 14.6. The van der Waals surface area contributed by atoms with Gasteiger partial charge in [-0.2, -0.15) is 0 Å². The van der Waals surface area contributed by atoms with Crippen LogP contribution in [-0.2, 0) is 6.54 Å². The average Bonchev–Trinajstić information content (AvgIpc) is 3.21. The molecule has 166 valence electrons. The first-order valence-corrected chi connectivity index (χ1v) is 11.7. The standard InChI is InChI=1S/C25H31ClFN3O/c26-22-6-4-20(5-7-22)21-11-13-30(14-12-21)17-19-3-10-24(15-19)29-25(31)28-16-18-1-8-23(27)9-2-18/h1-2,4-9,19,21,24H,3,10-17H2,(H2,28,29,31)/t19-,24+/m0/s1. The van der Waals surface area contributed by atoms with Crippen LogP contribution in [0.2, 0.25) is 5.02 Å². The van der Waals surface area contributed by atoms with Gasteiger partial charge in [0.1, 0.15) is 5.82 Å². The largest absolute Gasteiger partial charge is 0.335 e. The Labute approximate surface area is 189 Å². The van der Waals surface area contributed by atoms with Crippen LogP contribution >= 0.6 is 11.6 Å². The van der Waals surface area contributed by atoms with Crippen molar-refractivity contribution in [2.45, 2.75) is 50.6 Å². The van der Waals surface area contributed by atoms with Crippen LogP contribution in [0.3, 0.4) is 0 Å². The van der Waals surface area contributed by atoms with Gasteiger partial charge in [-0.1, -0.05) is 35.9 Å². The minimum absolute atomic E-state index is 0.140. The fourth-order valence-corrected chi connectivity index (χ4v) is 5.07. The maximum Gasteiger partial charge on any atom is 0.315 e. The zero-order chi connectivity index (χ0) is 21.6. The van der Waals surface area contributed by atoms with Crippen LogP contribution in [0.25, 0.3) is 0 Å². The zero-order valence-electron chi connectivity index (χ0n) is 17.8. The molecule has 1 saturated carbocycles. The van der Waals surface area contributed by atoms with Crippen LogP contribution in [0, 0.1) is 11.7 Å². The monoisotopic (exact) mass is 443 g/mol. The third-order valence-electron chi connectivity index (χ3n) is 6.69. The molecule has 2 aliphatic rings. The molecule has 0 radical (unpaired) electrons. The smallest absolute Gasteiger partial charge is 0.315 e. The summed E-state index contributed by atoms with van der Waals surface area (Å²) in [5.74, 6) is 1.02. The molecule has 4 rings (SSSR count). The van der Waals surface area contributed by atoms with E-state index < -0.39 is 0 Å². The van der Waals surface area contributed by atoms with Gasteiger partial charge < -0.3 is 15.5 Å². The molecule has 6 heteroatoms. The highest BCUT2D eigenvalue weighted by molar-refractivity contribution is 6.30. The molecule has 1 heterocycles. The lowest BCUT2D eigenvalue weighted by molar-refractivity contribution is 0.182. The Balaban J connectivity index is 1.14. The summed E-state index contributed by atoms with van der Waals surface area (Å²) >= 11 is 6.01. The summed E-state index contributed by atoms with van der Waals surface area (Å²) in [6.45, 7) is 3.81. The minimum atomic E-state index is -0.264. The van der Waals surface area contributed by atoms with Crippen LogP contribution in [0.1, 0.15) is 49.1 Å². The van der Waals surface area contributed by atoms with Crippen LogP contribution in [0.5, 0.6) is 0 Å². The van der Waals surface area contributed by atoms with Gasteiger partial charge in [0, 0.05) is 24.2 Å². The number of benzene rings is 2. The molecule has 2 amide bonds. The van der Waals surface area contributed by atoms with E-state index in [0.29, 0.717) is 18.4 Å². The summed E-state index contributed by atoms with van der Waals surface area (Å²) in [7, 11) is 0. The molecule has 2 N–H and O–H groups in total. The Morgan fingerprint density at radius 1 is 1.00 bits per heavy atom. The van der Waals surface area contributed by atoms with E-state index in [0.717, 1.165) is 43.1 Å². The molecular weight excluding hydrogens is 413 g/mol. The predicted molar refractivity (Wildman–Crippen MR) is 123 cm³/mol. The Bertz CT molecular complexity index is 850. The normalized spacial score (nSPS) is 22.4.